The molecule has 0 saturated carbocycles. The summed E-state index contributed by atoms with van der Waals surface area (Å²) in [6.07, 6.45) is -0.216. The van der Waals surface area contributed by atoms with Crippen molar-refractivity contribution in [1.82, 2.24) is 4.98 Å². The largest absolute Gasteiger partial charge is 0.391 e. The molecule has 0 bridgehead atoms. The van der Waals surface area contributed by atoms with Crippen LogP contribution in [-0.2, 0) is 16.4 Å². The zero-order chi connectivity index (χ0) is 15.2. The first kappa shape index (κ1) is 14.5. The minimum Gasteiger partial charge on any atom is -0.391 e. The summed E-state index contributed by atoms with van der Waals surface area (Å²) in [7, 11) is -3.69. The molecule has 0 saturated heterocycles. The van der Waals surface area contributed by atoms with Crippen LogP contribution in [0.5, 0.6) is 0 Å². The van der Waals surface area contributed by atoms with Crippen molar-refractivity contribution < 1.29 is 13.5 Å². The Bertz CT molecular complexity index is 783. The van der Waals surface area contributed by atoms with Crippen molar-refractivity contribution in [3.63, 3.8) is 0 Å². The van der Waals surface area contributed by atoms with Gasteiger partial charge >= 0.3 is 0 Å². The zero-order valence-electron chi connectivity index (χ0n) is 11.8. The van der Waals surface area contributed by atoms with E-state index in [0.717, 1.165) is 10.6 Å². The van der Waals surface area contributed by atoms with Gasteiger partial charge in [0.05, 0.1) is 29.0 Å². The summed E-state index contributed by atoms with van der Waals surface area (Å²) in [6.45, 7) is 3.56. The van der Waals surface area contributed by atoms with Gasteiger partial charge in [0, 0.05) is 6.42 Å². The van der Waals surface area contributed by atoms with Crippen LogP contribution in [0.4, 0.5) is 5.69 Å². The van der Waals surface area contributed by atoms with Crippen LogP contribution in [0.2, 0.25) is 0 Å². The number of fused-ring (bicyclic) bond motifs is 1. The Morgan fingerprint density at radius 1 is 1.33 bits per heavy atom. The SMILES string of the molecule is Cc1nc(C)c(S(=O)(=O)N2CC(O)Cc3ccccc32)s1. The van der Waals surface area contributed by atoms with Gasteiger partial charge in [-0.1, -0.05) is 18.2 Å². The van der Waals surface area contributed by atoms with E-state index in [-0.39, 0.29) is 10.8 Å². The highest BCUT2D eigenvalue weighted by Crippen LogP contribution is 2.34. The van der Waals surface area contributed by atoms with Crippen LogP contribution < -0.4 is 4.31 Å². The minimum absolute atomic E-state index is 0.0791. The standard InChI is InChI=1S/C14H16N2O3S2/c1-9-14(20-10(2)15-9)21(18,19)16-8-12(17)7-11-5-3-4-6-13(11)16/h3-6,12,17H,7-8H2,1-2H3. The van der Waals surface area contributed by atoms with Gasteiger partial charge < -0.3 is 5.11 Å². The Hall–Kier alpha value is -1.44. The van der Waals surface area contributed by atoms with Gasteiger partial charge in [-0.25, -0.2) is 13.4 Å². The number of anilines is 1. The average Bonchev–Trinajstić information content (AvgIpc) is 2.77. The Morgan fingerprint density at radius 2 is 2.05 bits per heavy atom. The fourth-order valence-corrected chi connectivity index (χ4v) is 5.74. The first-order chi connectivity index (χ1) is 9.89. The molecule has 0 amide bonds. The predicted octanol–water partition coefficient (Wildman–Crippen LogP) is 1.87. The highest BCUT2D eigenvalue weighted by Gasteiger charge is 2.34. The van der Waals surface area contributed by atoms with Crippen LogP contribution in [0, 0.1) is 13.8 Å². The maximum Gasteiger partial charge on any atom is 0.275 e. The molecule has 1 aromatic heterocycles. The molecule has 3 rings (SSSR count). The van der Waals surface area contributed by atoms with Crippen LogP contribution in [-0.4, -0.2) is 31.2 Å². The molecule has 1 aliphatic rings. The molecule has 2 aromatic rings. The average molecular weight is 324 g/mol. The second-order valence-electron chi connectivity index (χ2n) is 5.13. The number of nitrogens with zero attached hydrogens (tertiary/aromatic N) is 2. The Balaban J connectivity index is 2.14. The maximum absolute atomic E-state index is 12.9. The Kier molecular flexibility index (Phi) is 3.51. The molecule has 0 spiro atoms. The second kappa shape index (κ2) is 5.08. The van der Waals surface area contributed by atoms with E-state index in [9.17, 15) is 13.5 Å². The number of aryl methyl sites for hydroxylation is 2. The van der Waals surface area contributed by atoms with E-state index in [4.69, 9.17) is 0 Å². The van der Waals surface area contributed by atoms with Crippen molar-refractivity contribution in [1.29, 1.82) is 0 Å². The third kappa shape index (κ3) is 2.45. The highest BCUT2D eigenvalue weighted by atomic mass is 32.2. The molecular formula is C14H16N2O3S2. The molecule has 1 aliphatic heterocycles. The van der Waals surface area contributed by atoms with Crippen LogP contribution in [0.15, 0.2) is 28.5 Å². The topological polar surface area (TPSA) is 70.5 Å². The lowest BCUT2D eigenvalue weighted by atomic mass is 10.0. The van der Waals surface area contributed by atoms with Gasteiger partial charge in [0.25, 0.3) is 10.0 Å². The first-order valence-electron chi connectivity index (χ1n) is 6.62. The minimum atomic E-state index is -3.69. The summed E-state index contributed by atoms with van der Waals surface area (Å²) in [5.41, 5.74) is 2.00. The number of thiazole rings is 1. The third-order valence-electron chi connectivity index (χ3n) is 3.48. The number of hydrogen-bond acceptors (Lipinski definition) is 5. The van der Waals surface area contributed by atoms with Gasteiger partial charge in [-0.2, -0.15) is 0 Å². The van der Waals surface area contributed by atoms with Crippen molar-refractivity contribution in [3.05, 3.63) is 40.5 Å². The number of aliphatic hydroxyl groups is 1. The predicted molar refractivity (Wildman–Crippen MR) is 82.3 cm³/mol. The molecule has 0 aliphatic carbocycles. The van der Waals surface area contributed by atoms with Gasteiger partial charge in [0.2, 0.25) is 0 Å². The van der Waals surface area contributed by atoms with Crippen molar-refractivity contribution in [3.8, 4) is 0 Å². The van der Waals surface area contributed by atoms with Crippen LogP contribution in [0.25, 0.3) is 0 Å². The van der Waals surface area contributed by atoms with E-state index < -0.39 is 16.1 Å². The van der Waals surface area contributed by atoms with Gasteiger partial charge in [0.15, 0.2) is 4.21 Å². The first-order valence-corrected chi connectivity index (χ1v) is 8.88. The van der Waals surface area contributed by atoms with Crippen LogP contribution in [0.3, 0.4) is 0 Å². The number of β-amino-alcohol motifs (C(OH)–C–C–N with tert-alkyl or cyclic N) is 1. The molecule has 1 aromatic carbocycles. The lowest BCUT2D eigenvalue weighted by Gasteiger charge is -2.32. The monoisotopic (exact) mass is 324 g/mol. The van der Waals surface area contributed by atoms with E-state index in [1.807, 2.05) is 18.2 Å². The zero-order valence-corrected chi connectivity index (χ0v) is 13.4. The number of rotatable bonds is 2. The van der Waals surface area contributed by atoms with E-state index in [1.54, 1.807) is 19.9 Å². The van der Waals surface area contributed by atoms with E-state index in [1.165, 1.54) is 15.6 Å². The van der Waals surface area contributed by atoms with Gasteiger partial charge in [-0.15, -0.1) is 11.3 Å². The van der Waals surface area contributed by atoms with E-state index in [0.29, 0.717) is 17.8 Å². The van der Waals surface area contributed by atoms with Gasteiger partial charge in [-0.3, -0.25) is 4.31 Å². The molecule has 1 atom stereocenters. The number of benzene rings is 1. The molecule has 0 radical (unpaired) electrons. The quantitative estimate of drug-likeness (QED) is 0.915. The van der Waals surface area contributed by atoms with Crippen molar-refractivity contribution in [2.24, 2.45) is 0 Å². The van der Waals surface area contributed by atoms with Gasteiger partial charge in [0.1, 0.15) is 0 Å². The molecule has 0 fully saturated rings. The van der Waals surface area contributed by atoms with Crippen LogP contribution in [0.1, 0.15) is 16.3 Å². The number of sulfonamides is 1. The lowest BCUT2D eigenvalue weighted by molar-refractivity contribution is 0.180. The number of aromatic nitrogens is 1. The maximum atomic E-state index is 12.9. The summed E-state index contributed by atoms with van der Waals surface area (Å²) in [5, 5.41) is 10.7. The van der Waals surface area contributed by atoms with Gasteiger partial charge in [-0.05, 0) is 25.5 Å². The molecule has 1 unspecified atom stereocenters. The van der Waals surface area contributed by atoms with E-state index >= 15 is 0 Å². The Labute approximate surface area is 127 Å². The highest BCUT2D eigenvalue weighted by molar-refractivity contribution is 7.94. The molecule has 1 N–H and O–H groups in total. The van der Waals surface area contributed by atoms with Crippen molar-refractivity contribution >= 4 is 27.0 Å². The molecule has 7 heteroatoms. The van der Waals surface area contributed by atoms with Crippen molar-refractivity contribution in [2.75, 3.05) is 10.8 Å². The molecule has 2 heterocycles. The summed E-state index contributed by atoms with van der Waals surface area (Å²) >= 11 is 1.17. The number of hydrogen-bond donors (Lipinski definition) is 1. The summed E-state index contributed by atoms with van der Waals surface area (Å²) < 4.78 is 27.4. The molecule has 21 heavy (non-hydrogen) atoms. The van der Waals surface area contributed by atoms with Crippen LogP contribution >= 0.6 is 11.3 Å². The fourth-order valence-electron chi connectivity index (χ4n) is 2.61. The van der Waals surface area contributed by atoms with Crippen molar-refractivity contribution in [2.45, 2.75) is 30.6 Å². The third-order valence-corrected chi connectivity index (χ3v) is 6.92. The summed E-state index contributed by atoms with van der Waals surface area (Å²) in [4.78, 5) is 4.20. The Morgan fingerprint density at radius 3 is 2.71 bits per heavy atom. The second-order valence-corrected chi connectivity index (χ2v) is 8.39. The molecular weight excluding hydrogens is 308 g/mol. The van der Waals surface area contributed by atoms with E-state index in [2.05, 4.69) is 4.98 Å². The smallest absolute Gasteiger partial charge is 0.275 e. The molecule has 112 valence electrons. The summed E-state index contributed by atoms with van der Waals surface area (Å²) in [6, 6.07) is 7.29. The fraction of sp³-hybridized carbons (Fsp3) is 0.357. The number of aliphatic hydroxyl groups excluding tert-OH is 1. The summed E-state index contributed by atoms with van der Waals surface area (Å²) in [5.74, 6) is 0. The normalized spacial score (nSPS) is 18.6. The molecule has 5 nitrogen and oxygen atoms in total. The lowest BCUT2D eigenvalue weighted by Crippen LogP contribution is -2.42. The number of para-hydroxylation sites is 1.